The minimum Gasteiger partial charge on any atom is -0.493 e. The van der Waals surface area contributed by atoms with Crippen molar-refractivity contribution < 1.29 is 9.47 Å². The minimum absolute atomic E-state index is 0.420. The molecular formula is C13H16N2O2S. The second kappa shape index (κ2) is 5.84. The van der Waals surface area contributed by atoms with Crippen LogP contribution in [-0.2, 0) is 13.2 Å². The standard InChI is InChI=1S/C13H16N2O2S/c1-9-8-18-12(15-9)7-17-13-10(6-14)4-3-5-11(13)16-2/h3-5,8H,6-7,14H2,1-2H3. The Labute approximate surface area is 110 Å². The highest BCUT2D eigenvalue weighted by Gasteiger charge is 2.10. The van der Waals surface area contributed by atoms with Crippen LogP contribution < -0.4 is 15.2 Å². The summed E-state index contributed by atoms with van der Waals surface area (Å²) in [5.41, 5.74) is 7.64. The summed E-state index contributed by atoms with van der Waals surface area (Å²) in [6.07, 6.45) is 0. The number of aryl methyl sites for hydroxylation is 1. The molecule has 0 unspecified atom stereocenters. The number of hydrogen-bond acceptors (Lipinski definition) is 5. The van der Waals surface area contributed by atoms with Gasteiger partial charge in [-0.1, -0.05) is 12.1 Å². The fraction of sp³-hybridized carbons (Fsp3) is 0.308. The zero-order chi connectivity index (χ0) is 13.0. The van der Waals surface area contributed by atoms with Gasteiger partial charge in [0.25, 0.3) is 0 Å². The van der Waals surface area contributed by atoms with Crippen molar-refractivity contribution in [3.8, 4) is 11.5 Å². The van der Waals surface area contributed by atoms with Gasteiger partial charge in [-0.2, -0.15) is 0 Å². The van der Waals surface area contributed by atoms with Gasteiger partial charge in [0, 0.05) is 23.2 Å². The molecule has 0 atom stereocenters. The molecule has 18 heavy (non-hydrogen) atoms. The van der Waals surface area contributed by atoms with Gasteiger partial charge in [0.1, 0.15) is 11.6 Å². The Bertz CT molecular complexity index is 503. The maximum absolute atomic E-state index is 5.79. The topological polar surface area (TPSA) is 57.4 Å². The van der Waals surface area contributed by atoms with Crippen molar-refractivity contribution >= 4 is 11.3 Å². The first-order chi connectivity index (χ1) is 8.74. The van der Waals surface area contributed by atoms with Gasteiger partial charge in [-0.15, -0.1) is 11.3 Å². The first-order valence-electron chi connectivity index (χ1n) is 5.64. The zero-order valence-corrected chi connectivity index (χ0v) is 11.3. The molecule has 0 fully saturated rings. The van der Waals surface area contributed by atoms with Crippen LogP contribution in [0.1, 0.15) is 16.3 Å². The number of ether oxygens (including phenoxy) is 2. The van der Waals surface area contributed by atoms with Crippen LogP contribution in [0.15, 0.2) is 23.6 Å². The summed E-state index contributed by atoms with van der Waals surface area (Å²) >= 11 is 1.59. The van der Waals surface area contributed by atoms with Crippen LogP contribution in [-0.4, -0.2) is 12.1 Å². The SMILES string of the molecule is COc1cccc(CN)c1OCc1nc(C)cs1. The summed E-state index contributed by atoms with van der Waals surface area (Å²) in [5, 5.41) is 2.95. The highest BCUT2D eigenvalue weighted by atomic mass is 32.1. The van der Waals surface area contributed by atoms with Crippen LogP contribution in [0.25, 0.3) is 0 Å². The molecule has 0 saturated heterocycles. The summed E-state index contributed by atoms with van der Waals surface area (Å²) < 4.78 is 11.1. The van der Waals surface area contributed by atoms with E-state index < -0.39 is 0 Å². The van der Waals surface area contributed by atoms with E-state index >= 15 is 0 Å². The van der Waals surface area contributed by atoms with E-state index in [0.29, 0.717) is 24.7 Å². The average Bonchev–Trinajstić information content (AvgIpc) is 2.81. The predicted molar refractivity (Wildman–Crippen MR) is 72.1 cm³/mol. The maximum atomic E-state index is 5.79. The van der Waals surface area contributed by atoms with Gasteiger partial charge in [0.15, 0.2) is 11.5 Å². The summed E-state index contributed by atoms with van der Waals surface area (Å²) in [4.78, 5) is 4.36. The Morgan fingerprint density at radius 1 is 1.39 bits per heavy atom. The molecule has 0 aliphatic carbocycles. The average molecular weight is 264 g/mol. The fourth-order valence-electron chi connectivity index (χ4n) is 1.65. The van der Waals surface area contributed by atoms with Crippen LogP contribution >= 0.6 is 11.3 Å². The largest absolute Gasteiger partial charge is 0.493 e. The number of methoxy groups -OCH3 is 1. The molecule has 1 heterocycles. The molecule has 2 rings (SSSR count). The number of hydrogen-bond donors (Lipinski definition) is 1. The molecule has 0 spiro atoms. The van der Waals surface area contributed by atoms with Gasteiger partial charge in [0.2, 0.25) is 0 Å². The molecule has 1 aromatic carbocycles. The molecule has 0 aliphatic rings. The molecule has 4 nitrogen and oxygen atoms in total. The van der Waals surface area contributed by atoms with Gasteiger partial charge in [-0.3, -0.25) is 0 Å². The Morgan fingerprint density at radius 3 is 2.83 bits per heavy atom. The quantitative estimate of drug-likeness (QED) is 0.901. The lowest BCUT2D eigenvalue weighted by Gasteiger charge is -2.13. The minimum atomic E-state index is 0.420. The third-order valence-electron chi connectivity index (χ3n) is 2.51. The third-order valence-corrected chi connectivity index (χ3v) is 3.45. The number of nitrogens with two attached hydrogens (primary N) is 1. The van der Waals surface area contributed by atoms with Crippen molar-refractivity contribution in [2.24, 2.45) is 5.73 Å². The second-order valence-corrected chi connectivity index (χ2v) is 4.77. The molecule has 96 valence electrons. The van der Waals surface area contributed by atoms with Crippen LogP contribution in [0.5, 0.6) is 11.5 Å². The highest BCUT2D eigenvalue weighted by molar-refractivity contribution is 7.09. The lowest BCUT2D eigenvalue weighted by Crippen LogP contribution is -2.04. The van der Waals surface area contributed by atoms with Crippen LogP contribution in [0, 0.1) is 6.92 Å². The lowest BCUT2D eigenvalue weighted by atomic mass is 10.2. The van der Waals surface area contributed by atoms with E-state index in [9.17, 15) is 0 Å². The number of rotatable bonds is 5. The van der Waals surface area contributed by atoms with E-state index in [1.54, 1.807) is 18.4 Å². The molecule has 0 aliphatic heterocycles. The van der Waals surface area contributed by atoms with Crippen molar-refractivity contribution in [1.29, 1.82) is 0 Å². The molecule has 1 aromatic heterocycles. The van der Waals surface area contributed by atoms with Gasteiger partial charge in [0.05, 0.1) is 7.11 Å². The van der Waals surface area contributed by atoms with E-state index in [4.69, 9.17) is 15.2 Å². The molecule has 0 bridgehead atoms. The van der Waals surface area contributed by atoms with E-state index in [2.05, 4.69) is 4.98 Å². The van der Waals surface area contributed by atoms with Crippen molar-refractivity contribution in [3.63, 3.8) is 0 Å². The van der Waals surface area contributed by atoms with Gasteiger partial charge in [-0.25, -0.2) is 4.98 Å². The first kappa shape index (κ1) is 12.9. The van der Waals surface area contributed by atoms with E-state index in [1.165, 1.54) is 0 Å². The summed E-state index contributed by atoms with van der Waals surface area (Å²) in [6.45, 7) is 2.82. The molecular weight excluding hydrogens is 248 g/mol. The van der Waals surface area contributed by atoms with Crippen molar-refractivity contribution in [3.05, 3.63) is 39.8 Å². The number of para-hydroxylation sites is 1. The van der Waals surface area contributed by atoms with E-state index in [-0.39, 0.29) is 0 Å². The lowest BCUT2D eigenvalue weighted by molar-refractivity contribution is 0.281. The monoisotopic (exact) mass is 264 g/mol. The first-order valence-corrected chi connectivity index (χ1v) is 6.52. The Kier molecular flexibility index (Phi) is 4.17. The second-order valence-electron chi connectivity index (χ2n) is 3.82. The van der Waals surface area contributed by atoms with Crippen molar-refractivity contribution in [1.82, 2.24) is 4.98 Å². The molecule has 0 amide bonds. The highest BCUT2D eigenvalue weighted by Crippen LogP contribution is 2.31. The van der Waals surface area contributed by atoms with Crippen LogP contribution in [0.3, 0.4) is 0 Å². The summed E-state index contributed by atoms with van der Waals surface area (Å²) in [5.74, 6) is 1.40. The Hall–Kier alpha value is -1.59. The Morgan fingerprint density at radius 2 is 2.22 bits per heavy atom. The van der Waals surface area contributed by atoms with Crippen molar-refractivity contribution in [2.45, 2.75) is 20.1 Å². The molecule has 2 N–H and O–H groups in total. The summed E-state index contributed by atoms with van der Waals surface area (Å²) in [6, 6.07) is 5.70. The fourth-order valence-corrected chi connectivity index (χ4v) is 2.33. The van der Waals surface area contributed by atoms with Gasteiger partial charge < -0.3 is 15.2 Å². The molecule has 5 heteroatoms. The van der Waals surface area contributed by atoms with Crippen molar-refractivity contribution in [2.75, 3.05) is 7.11 Å². The van der Waals surface area contributed by atoms with E-state index in [0.717, 1.165) is 16.3 Å². The number of thiazole rings is 1. The van der Waals surface area contributed by atoms with E-state index in [1.807, 2.05) is 30.5 Å². The number of nitrogens with zero attached hydrogens (tertiary/aromatic N) is 1. The summed E-state index contributed by atoms with van der Waals surface area (Å²) in [7, 11) is 1.62. The normalized spacial score (nSPS) is 10.4. The predicted octanol–water partition coefficient (Wildman–Crippen LogP) is 2.50. The molecule has 0 radical (unpaired) electrons. The number of aromatic nitrogens is 1. The molecule has 0 saturated carbocycles. The number of benzene rings is 1. The molecule has 2 aromatic rings. The Balaban J connectivity index is 2.17. The maximum Gasteiger partial charge on any atom is 0.166 e. The van der Waals surface area contributed by atoms with Crippen LogP contribution in [0.2, 0.25) is 0 Å². The van der Waals surface area contributed by atoms with Gasteiger partial charge >= 0.3 is 0 Å². The van der Waals surface area contributed by atoms with Crippen LogP contribution in [0.4, 0.5) is 0 Å². The smallest absolute Gasteiger partial charge is 0.166 e. The van der Waals surface area contributed by atoms with Gasteiger partial charge in [-0.05, 0) is 13.0 Å². The zero-order valence-electron chi connectivity index (χ0n) is 10.5. The third kappa shape index (κ3) is 2.80.